The molecule has 1 unspecified atom stereocenters. The van der Waals surface area contributed by atoms with Crippen LogP contribution in [0.1, 0.15) is 11.1 Å². The van der Waals surface area contributed by atoms with Crippen LogP contribution in [0.25, 0.3) is 0 Å². The van der Waals surface area contributed by atoms with Gasteiger partial charge < -0.3 is 5.11 Å². The van der Waals surface area contributed by atoms with Gasteiger partial charge in [0.1, 0.15) is 5.75 Å². The number of amides is 3. The van der Waals surface area contributed by atoms with Crippen molar-refractivity contribution < 1.29 is 14.7 Å². The first-order valence-corrected chi connectivity index (χ1v) is 10.7. The molecular formula is C21H19BrClN6O3+. The van der Waals surface area contributed by atoms with Crippen LogP contribution in [0, 0.1) is 0 Å². The molecule has 4 rings (SSSR count). The second-order valence-corrected chi connectivity index (χ2v) is 8.61. The summed E-state index contributed by atoms with van der Waals surface area (Å²) in [4.78, 5) is 29.5. The highest BCUT2D eigenvalue weighted by Crippen LogP contribution is 2.22. The quantitative estimate of drug-likeness (QED) is 0.366. The number of imide groups is 1. The molecule has 11 heteroatoms. The first-order chi connectivity index (χ1) is 15.3. The number of nitrogens with one attached hydrogen (secondary N) is 1. The molecule has 2 aliphatic rings. The number of carbonyl (C=O) groups excluding carboxylic acids is 2. The van der Waals surface area contributed by atoms with E-state index < -0.39 is 12.1 Å². The molecule has 0 aromatic heterocycles. The van der Waals surface area contributed by atoms with Gasteiger partial charge in [0.15, 0.2) is 0 Å². The smallest absolute Gasteiger partial charge is 0.421 e. The van der Waals surface area contributed by atoms with Gasteiger partial charge in [0.2, 0.25) is 6.04 Å². The molecule has 1 fully saturated rings. The number of likely N-dealkylation sites (N-methyl/N-ethyl adjacent to an activating group) is 2. The van der Waals surface area contributed by atoms with E-state index in [1.165, 1.54) is 18.2 Å². The second-order valence-electron chi connectivity index (χ2n) is 7.26. The van der Waals surface area contributed by atoms with Gasteiger partial charge >= 0.3 is 17.8 Å². The van der Waals surface area contributed by atoms with Crippen LogP contribution in [-0.4, -0.2) is 69.9 Å². The molecule has 0 radical (unpaired) electrons. The SMILES string of the molecule is CN1C(=O)C2C(=[N+]=C(N/N=C/c3cc(Br)ccc3O)N2Cc2ccc(Cl)cc2)N(C)C1=O. The van der Waals surface area contributed by atoms with Crippen LogP contribution in [0.2, 0.25) is 5.02 Å². The van der Waals surface area contributed by atoms with E-state index in [9.17, 15) is 14.7 Å². The van der Waals surface area contributed by atoms with Crippen molar-refractivity contribution in [3.63, 3.8) is 0 Å². The summed E-state index contributed by atoms with van der Waals surface area (Å²) < 4.78 is 5.27. The molecule has 2 aromatic rings. The van der Waals surface area contributed by atoms with Crippen LogP contribution in [0.3, 0.4) is 0 Å². The van der Waals surface area contributed by atoms with Crippen molar-refractivity contribution >= 4 is 57.5 Å². The minimum Gasteiger partial charge on any atom is -0.507 e. The highest BCUT2D eigenvalue weighted by Gasteiger charge is 2.54. The summed E-state index contributed by atoms with van der Waals surface area (Å²) in [6.45, 7) is 0.330. The molecule has 3 amide bonds. The van der Waals surface area contributed by atoms with Gasteiger partial charge in [-0.25, -0.2) is 19.3 Å². The third-order valence-corrected chi connectivity index (χ3v) is 5.90. The summed E-state index contributed by atoms with van der Waals surface area (Å²) in [5.74, 6) is 0.297. The highest BCUT2D eigenvalue weighted by atomic mass is 79.9. The maximum Gasteiger partial charge on any atom is 0.421 e. The fourth-order valence-electron chi connectivity index (χ4n) is 3.43. The van der Waals surface area contributed by atoms with Crippen LogP contribution in [-0.2, 0) is 11.3 Å². The Hall–Kier alpha value is -3.33. The van der Waals surface area contributed by atoms with Crippen LogP contribution in [0.5, 0.6) is 5.75 Å². The molecule has 1 atom stereocenters. The summed E-state index contributed by atoms with van der Waals surface area (Å²) in [6.07, 6.45) is 1.44. The molecule has 0 aliphatic carbocycles. The van der Waals surface area contributed by atoms with Gasteiger partial charge in [0.05, 0.1) is 19.8 Å². The molecule has 32 heavy (non-hydrogen) atoms. The third-order valence-electron chi connectivity index (χ3n) is 5.15. The molecule has 1 saturated heterocycles. The normalized spacial score (nSPS) is 18.2. The lowest BCUT2D eigenvalue weighted by Gasteiger charge is -2.31. The molecule has 2 aromatic carbocycles. The maximum atomic E-state index is 13.0. The maximum absolute atomic E-state index is 13.0. The second kappa shape index (κ2) is 8.66. The lowest BCUT2D eigenvalue weighted by molar-refractivity contribution is -0.130. The topological polar surface area (TPSA) is 103 Å². The fourth-order valence-corrected chi connectivity index (χ4v) is 3.93. The van der Waals surface area contributed by atoms with Crippen molar-refractivity contribution in [2.45, 2.75) is 12.6 Å². The van der Waals surface area contributed by atoms with E-state index in [1.807, 2.05) is 12.1 Å². The molecule has 0 bridgehead atoms. The Balaban J connectivity index is 1.66. The summed E-state index contributed by atoms with van der Waals surface area (Å²) in [6, 6.07) is 11.0. The summed E-state index contributed by atoms with van der Waals surface area (Å²) in [5, 5.41) is 14.8. The Bertz CT molecular complexity index is 1190. The van der Waals surface area contributed by atoms with Gasteiger partial charge in [0.25, 0.3) is 5.91 Å². The number of fused-ring (bicyclic) bond motifs is 1. The Kier molecular flexibility index (Phi) is 5.92. The van der Waals surface area contributed by atoms with Crippen molar-refractivity contribution in [1.82, 2.24) is 24.8 Å². The number of rotatable bonds is 4. The summed E-state index contributed by atoms with van der Waals surface area (Å²) in [7, 11) is 3.02. The number of halogens is 2. The number of urea groups is 1. The predicted octanol–water partition coefficient (Wildman–Crippen LogP) is 1.96. The molecule has 0 spiro atoms. The first kappa shape index (κ1) is 21.9. The average molecular weight is 519 g/mol. The van der Waals surface area contributed by atoms with E-state index >= 15 is 0 Å². The van der Waals surface area contributed by atoms with E-state index in [1.54, 1.807) is 42.3 Å². The number of hydrogen-bond donors (Lipinski definition) is 2. The Labute approximate surface area is 197 Å². The van der Waals surface area contributed by atoms with Gasteiger partial charge in [-0.15, -0.1) is 5.10 Å². The number of phenolic OH excluding ortho intramolecular Hbond substituents is 1. The Morgan fingerprint density at radius 2 is 1.91 bits per heavy atom. The number of phenols is 1. The highest BCUT2D eigenvalue weighted by molar-refractivity contribution is 9.10. The molecule has 2 heterocycles. The van der Waals surface area contributed by atoms with Crippen molar-refractivity contribution in [3.05, 3.63) is 63.1 Å². The Morgan fingerprint density at radius 3 is 2.62 bits per heavy atom. The number of hydrogen-bond acceptors (Lipinski definition) is 6. The van der Waals surface area contributed by atoms with Gasteiger partial charge in [-0.1, -0.05) is 39.7 Å². The van der Waals surface area contributed by atoms with E-state index in [-0.39, 0.29) is 11.7 Å². The molecule has 2 aliphatic heterocycles. The van der Waals surface area contributed by atoms with Crippen LogP contribution in [0.15, 0.2) is 52.0 Å². The molecule has 0 saturated carbocycles. The molecule has 164 valence electrons. The first-order valence-electron chi connectivity index (χ1n) is 9.55. The number of amidine groups is 1. The number of hydrazone groups is 1. The monoisotopic (exact) mass is 517 g/mol. The number of carbonyl (C=O) groups is 2. The van der Waals surface area contributed by atoms with E-state index in [2.05, 4.69) is 31.1 Å². The fraction of sp³-hybridized carbons (Fsp3) is 0.190. The minimum absolute atomic E-state index is 0.0651. The van der Waals surface area contributed by atoms with Crippen molar-refractivity contribution in [2.75, 3.05) is 14.1 Å². The molecular weight excluding hydrogens is 500 g/mol. The zero-order valence-corrected chi connectivity index (χ0v) is 19.5. The van der Waals surface area contributed by atoms with E-state index in [0.29, 0.717) is 28.9 Å². The number of benzene rings is 2. The zero-order valence-electron chi connectivity index (χ0n) is 17.2. The number of aromatic hydroxyl groups is 1. The largest absolute Gasteiger partial charge is 0.507 e. The van der Waals surface area contributed by atoms with Gasteiger partial charge in [-0.2, -0.15) is 5.43 Å². The van der Waals surface area contributed by atoms with Gasteiger partial charge in [-0.3, -0.25) is 9.69 Å². The average Bonchev–Trinajstić information content (AvgIpc) is 3.13. The van der Waals surface area contributed by atoms with Crippen molar-refractivity contribution in [3.8, 4) is 5.75 Å². The predicted molar refractivity (Wildman–Crippen MR) is 125 cm³/mol. The van der Waals surface area contributed by atoms with Crippen LogP contribution in [0.4, 0.5) is 4.79 Å². The van der Waals surface area contributed by atoms with E-state index in [0.717, 1.165) is 14.9 Å². The number of guanidine groups is 1. The van der Waals surface area contributed by atoms with Gasteiger partial charge in [-0.05, 0) is 35.9 Å². The van der Waals surface area contributed by atoms with Gasteiger partial charge in [0, 0.05) is 22.1 Å². The van der Waals surface area contributed by atoms with Crippen molar-refractivity contribution in [1.29, 1.82) is 0 Å². The number of nitrogens with zero attached hydrogens (tertiary/aromatic N) is 5. The summed E-state index contributed by atoms with van der Waals surface area (Å²) in [5.41, 5.74) is 4.23. The minimum atomic E-state index is -0.782. The van der Waals surface area contributed by atoms with Crippen LogP contribution < -0.4 is 10.1 Å². The zero-order chi connectivity index (χ0) is 23.0. The molecule has 2 N–H and O–H groups in total. The molecule has 9 nitrogen and oxygen atoms in total. The van der Waals surface area contributed by atoms with Crippen molar-refractivity contribution in [2.24, 2.45) is 5.10 Å². The lowest BCUT2D eigenvalue weighted by Crippen LogP contribution is -2.63. The van der Waals surface area contributed by atoms with Crippen LogP contribution >= 0.6 is 27.5 Å². The summed E-state index contributed by atoms with van der Waals surface area (Å²) >= 11 is 9.35. The Morgan fingerprint density at radius 1 is 1.19 bits per heavy atom. The standard InChI is InChI=1S/C21H18BrClN6O3/c1-27-18-17(19(31)28(2)21(27)32)29(11-12-3-6-15(23)7-4-12)20(25-18)26-24-10-13-9-14(22)5-8-16(13)30/h3-10,17H,11H2,1-2H3,(H,24,30)/p+1. The lowest BCUT2D eigenvalue weighted by atomic mass is 10.1. The third kappa shape index (κ3) is 4.08. The van der Waals surface area contributed by atoms with E-state index in [4.69, 9.17) is 11.6 Å².